The highest BCUT2D eigenvalue weighted by Crippen LogP contribution is 2.34. The summed E-state index contributed by atoms with van der Waals surface area (Å²) in [5, 5.41) is 7.82. The van der Waals surface area contributed by atoms with Crippen LogP contribution >= 0.6 is 11.3 Å². The van der Waals surface area contributed by atoms with Crippen molar-refractivity contribution >= 4 is 45.0 Å². The van der Waals surface area contributed by atoms with E-state index in [-0.39, 0.29) is 31.2 Å². The van der Waals surface area contributed by atoms with Crippen LogP contribution in [-0.2, 0) is 9.63 Å². The second-order valence-electron chi connectivity index (χ2n) is 7.94. The number of carbonyl (C=O) groups is 2. The van der Waals surface area contributed by atoms with E-state index in [4.69, 9.17) is 20.0 Å². The monoisotopic (exact) mass is 496 g/mol. The highest BCUT2D eigenvalue weighted by atomic mass is 32.1. The van der Waals surface area contributed by atoms with Gasteiger partial charge in [0.1, 0.15) is 22.8 Å². The lowest BCUT2D eigenvalue weighted by Crippen LogP contribution is -2.28. The Morgan fingerprint density at radius 1 is 1.29 bits per heavy atom. The van der Waals surface area contributed by atoms with Crippen molar-refractivity contribution < 1.29 is 23.9 Å². The van der Waals surface area contributed by atoms with Crippen molar-refractivity contribution in [2.75, 3.05) is 38.8 Å². The van der Waals surface area contributed by atoms with Gasteiger partial charge in [0.15, 0.2) is 11.5 Å². The van der Waals surface area contributed by atoms with E-state index in [1.165, 1.54) is 11.3 Å². The molecule has 0 atom stereocenters. The number of hydrogen-bond donors (Lipinski definition) is 2. The smallest absolute Gasteiger partial charge is 0.261 e. The van der Waals surface area contributed by atoms with Crippen LogP contribution in [0.25, 0.3) is 10.2 Å². The molecule has 0 radical (unpaired) electrons. The summed E-state index contributed by atoms with van der Waals surface area (Å²) < 4.78 is 11.0. The number of nitrogen functional groups attached to an aromatic ring is 1. The number of likely N-dealkylation sites (tertiary alicyclic amines) is 1. The first-order valence-corrected chi connectivity index (χ1v) is 12.1. The Bertz CT molecular complexity index is 1320. The molecule has 0 unspecified atom stereocenters. The van der Waals surface area contributed by atoms with Gasteiger partial charge >= 0.3 is 0 Å². The fraction of sp³-hybridized carbons (Fsp3) is 0.348. The lowest BCUT2D eigenvalue weighted by Gasteiger charge is -2.14. The molecule has 2 amide bonds. The minimum absolute atomic E-state index is 0.0490. The minimum Gasteiger partial charge on any atom is -0.454 e. The third kappa shape index (κ3) is 4.69. The summed E-state index contributed by atoms with van der Waals surface area (Å²) in [5.74, 6) is 1.17. The number of nitrogens with one attached hydrogen (secondary N) is 1. The van der Waals surface area contributed by atoms with E-state index >= 15 is 0 Å². The zero-order chi connectivity index (χ0) is 24.4. The maximum Gasteiger partial charge on any atom is 0.261 e. The van der Waals surface area contributed by atoms with E-state index in [1.54, 1.807) is 23.1 Å². The Hall–Kier alpha value is -3.93. The third-order valence-electron chi connectivity index (χ3n) is 5.62. The first-order chi connectivity index (χ1) is 17.0. The molecule has 5 rings (SSSR count). The quantitative estimate of drug-likeness (QED) is 0.275. The number of ether oxygens (including phenoxy) is 2. The average molecular weight is 497 g/mol. The second-order valence-corrected chi connectivity index (χ2v) is 8.98. The van der Waals surface area contributed by atoms with Crippen LogP contribution in [0, 0.1) is 0 Å². The first-order valence-electron chi connectivity index (χ1n) is 11.3. The van der Waals surface area contributed by atoms with Gasteiger partial charge in [-0.3, -0.25) is 9.59 Å². The lowest BCUT2D eigenvalue weighted by molar-refractivity contribution is -0.128. The maximum absolute atomic E-state index is 12.4. The van der Waals surface area contributed by atoms with Crippen LogP contribution in [0.3, 0.4) is 0 Å². The van der Waals surface area contributed by atoms with E-state index in [2.05, 4.69) is 20.4 Å². The van der Waals surface area contributed by atoms with Gasteiger partial charge < -0.3 is 30.3 Å². The van der Waals surface area contributed by atoms with Gasteiger partial charge in [-0.25, -0.2) is 9.97 Å². The van der Waals surface area contributed by atoms with Crippen LogP contribution < -0.4 is 20.5 Å². The molecule has 35 heavy (non-hydrogen) atoms. The number of benzene rings is 1. The van der Waals surface area contributed by atoms with Crippen molar-refractivity contribution in [1.29, 1.82) is 0 Å². The fourth-order valence-electron chi connectivity index (χ4n) is 3.96. The number of oxime groups is 1. The number of rotatable bonds is 8. The number of anilines is 1. The van der Waals surface area contributed by atoms with Crippen molar-refractivity contribution in [1.82, 2.24) is 20.2 Å². The third-order valence-corrected chi connectivity index (χ3v) is 6.65. The lowest BCUT2D eigenvalue weighted by atomic mass is 10.0. The van der Waals surface area contributed by atoms with Crippen LogP contribution in [0.1, 0.15) is 40.7 Å². The van der Waals surface area contributed by atoms with E-state index in [1.807, 2.05) is 13.0 Å². The SMILES string of the molecule is CCNC(=O)c1cc2c(/C(=N/OCCN3CCCC3=O)c3ccc4c(c3)OCO4)nc(N)nc2s1. The predicted octanol–water partition coefficient (Wildman–Crippen LogP) is 2.14. The average Bonchev–Trinajstić information content (AvgIpc) is 3.58. The van der Waals surface area contributed by atoms with Crippen LogP contribution in [0.5, 0.6) is 11.5 Å². The molecule has 1 fully saturated rings. The fourth-order valence-corrected chi connectivity index (χ4v) is 4.91. The highest BCUT2D eigenvalue weighted by molar-refractivity contribution is 7.20. The van der Waals surface area contributed by atoms with Crippen molar-refractivity contribution in [3.63, 3.8) is 0 Å². The molecule has 12 heteroatoms. The molecule has 2 aliphatic rings. The standard InChI is InChI=1S/C23H24N6O5S/c1-2-25-21(31)17-11-14-20(26-23(24)27-22(14)35-17)19(13-5-6-15-16(10-13)33-12-32-15)28-34-9-8-29-7-3-4-18(29)30/h5-6,10-11H,2-4,7-9,12H2,1H3,(H,25,31)(H2,24,26,27)/b28-19+. The predicted molar refractivity (Wildman–Crippen MR) is 130 cm³/mol. The molecule has 1 aromatic carbocycles. The number of nitrogens with zero attached hydrogens (tertiary/aromatic N) is 4. The van der Waals surface area contributed by atoms with Gasteiger partial charge in [-0.05, 0) is 37.6 Å². The maximum atomic E-state index is 12.4. The van der Waals surface area contributed by atoms with Crippen LogP contribution in [-0.4, -0.2) is 65.4 Å². The molecule has 3 N–H and O–H groups in total. The van der Waals surface area contributed by atoms with E-state index in [9.17, 15) is 9.59 Å². The Morgan fingerprint density at radius 3 is 2.94 bits per heavy atom. The van der Waals surface area contributed by atoms with E-state index < -0.39 is 0 Å². The molecule has 2 aliphatic heterocycles. The number of fused-ring (bicyclic) bond motifs is 2. The summed E-state index contributed by atoms with van der Waals surface area (Å²) >= 11 is 1.22. The van der Waals surface area contributed by atoms with Gasteiger partial charge in [-0.15, -0.1) is 11.3 Å². The van der Waals surface area contributed by atoms with Crippen molar-refractivity contribution in [3.05, 3.63) is 40.4 Å². The largest absolute Gasteiger partial charge is 0.454 e. The number of hydrogen-bond acceptors (Lipinski definition) is 10. The molecular formula is C23H24N6O5S. The van der Waals surface area contributed by atoms with Gasteiger partial charge in [0.2, 0.25) is 18.6 Å². The normalized spacial score (nSPS) is 15.2. The number of amides is 2. The number of nitrogens with two attached hydrogens (primary N) is 1. The molecule has 0 bridgehead atoms. The van der Waals surface area contributed by atoms with Crippen molar-refractivity contribution in [2.24, 2.45) is 5.16 Å². The van der Waals surface area contributed by atoms with E-state index in [0.717, 1.165) is 13.0 Å². The zero-order valence-corrected chi connectivity index (χ0v) is 19.9. The topological polar surface area (TPSA) is 141 Å². The molecular weight excluding hydrogens is 472 g/mol. The number of carbonyl (C=O) groups excluding carboxylic acids is 2. The first kappa shape index (κ1) is 22.8. The minimum atomic E-state index is -0.201. The van der Waals surface area contributed by atoms with Gasteiger partial charge in [0.25, 0.3) is 5.91 Å². The van der Waals surface area contributed by atoms with Gasteiger partial charge in [-0.2, -0.15) is 0 Å². The molecule has 2 aromatic heterocycles. The van der Waals surface area contributed by atoms with Crippen LogP contribution in [0.4, 0.5) is 5.95 Å². The summed E-state index contributed by atoms with van der Waals surface area (Å²) in [7, 11) is 0. The molecule has 0 spiro atoms. The van der Waals surface area contributed by atoms with Crippen molar-refractivity contribution in [3.8, 4) is 11.5 Å². The van der Waals surface area contributed by atoms with Gasteiger partial charge in [-0.1, -0.05) is 5.16 Å². The van der Waals surface area contributed by atoms with Gasteiger partial charge in [0.05, 0.1) is 11.4 Å². The summed E-state index contributed by atoms with van der Waals surface area (Å²) in [5.41, 5.74) is 7.52. The summed E-state index contributed by atoms with van der Waals surface area (Å²) in [6.07, 6.45) is 1.42. The Morgan fingerprint density at radius 2 is 2.14 bits per heavy atom. The Labute approximate surface area is 204 Å². The molecule has 0 saturated carbocycles. The Kier molecular flexibility index (Phi) is 6.36. The zero-order valence-electron chi connectivity index (χ0n) is 19.1. The second kappa shape index (κ2) is 9.74. The number of thiophene rings is 1. The Balaban J connectivity index is 1.53. The van der Waals surface area contributed by atoms with E-state index in [0.29, 0.717) is 63.1 Å². The van der Waals surface area contributed by atoms with Gasteiger partial charge in [0, 0.05) is 30.5 Å². The highest BCUT2D eigenvalue weighted by Gasteiger charge is 2.23. The molecule has 182 valence electrons. The van der Waals surface area contributed by atoms with Crippen LogP contribution in [0.15, 0.2) is 29.4 Å². The van der Waals surface area contributed by atoms with Crippen molar-refractivity contribution in [2.45, 2.75) is 19.8 Å². The number of aromatic nitrogens is 2. The molecule has 3 aromatic rings. The summed E-state index contributed by atoms with van der Waals surface area (Å²) in [6.45, 7) is 3.88. The summed E-state index contributed by atoms with van der Waals surface area (Å²) in [6, 6.07) is 7.12. The van der Waals surface area contributed by atoms with Crippen LogP contribution in [0.2, 0.25) is 0 Å². The summed E-state index contributed by atoms with van der Waals surface area (Å²) in [4.78, 5) is 41.6. The molecule has 4 heterocycles. The molecule has 1 saturated heterocycles. The molecule has 11 nitrogen and oxygen atoms in total. The molecule has 0 aliphatic carbocycles.